The molecule has 0 radical (unpaired) electrons. The smallest absolute Gasteiger partial charge is 0.196 e. The van der Waals surface area contributed by atoms with E-state index in [0.29, 0.717) is 23.8 Å². The Balaban J connectivity index is 2.07. The molecule has 1 unspecified atom stereocenters. The highest BCUT2D eigenvalue weighted by atomic mass is 19.1. The van der Waals surface area contributed by atoms with Crippen LogP contribution in [0.5, 0.6) is 0 Å². The third-order valence-corrected chi connectivity index (χ3v) is 3.68. The van der Waals surface area contributed by atoms with Gasteiger partial charge >= 0.3 is 0 Å². The SMILES string of the molecule is CC1(c2cncc(F)c2)CN=C(N)N1c1ccc(F)cc1. The van der Waals surface area contributed by atoms with Crippen molar-refractivity contribution in [2.75, 3.05) is 11.4 Å². The van der Waals surface area contributed by atoms with Gasteiger partial charge in [0.1, 0.15) is 11.6 Å². The number of aliphatic imine (C=N–C) groups is 1. The maximum atomic E-state index is 13.5. The first-order valence-corrected chi connectivity index (χ1v) is 6.47. The van der Waals surface area contributed by atoms with Gasteiger partial charge in [-0.3, -0.25) is 9.98 Å². The minimum atomic E-state index is -0.656. The summed E-state index contributed by atoms with van der Waals surface area (Å²) in [4.78, 5) is 9.91. The summed E-state index contributed by atoms with van der Waals surface area (Å²) in [6.45, 7) is 2.28. The molecule has 21 heavy (non-hydrogen) atoms. The van der Waals surface area contributed by atoms with Gasteiger partial charge in [-0.2, -0.15) is 0 Å². The first-order chi connectivity index (χ1) is 10.0. The van der Waals surface area contributed by atoms with Crippen LogP contribution in [-0.2, 0) is 5.54 Å². The summed E-state index contributed by atoms with van der Waals surface area (Å²) < 4.78 is 26.6. The molecule has 1 aliphatic heterocycles. The lowest BCUT2D eigenvalue weighted by molar-refractivity contribution is 0.521. The molecule has 0 amide bonds. The number of nitrogens with zero attached hydrogens (tertiary/aromatic N) is 3. The van der Waals surface area contributed by atoms with Crippen LogP contribution in [0.2, 0.25) is 0 Å². The van der Waals surface area contributed by atoms with Crippen molar-refractivity contribution in [3.05, 3.63) is 59.9 Å². The fourth-order valence-electron chi connectivity index (χ4n) is 2.56. The van der Waals surface area contributed by atoms with E-state index in [1.807, 2.05) is 6.92 Å². The number of aromatic nitrogens is 1. The van der Waals surface area contributed by atoms with Crippen LogP contribution in [0.25, 0.3) is 0 Å². The molecule has 2 aromatic rings. The summed E-state index contributed by atoms with van der Waals surface area (Å²) in [5.41, 5.74) is 6.67. The van der Waals surface area contributed by atoms with E-state index in [4.69, 9.17) is 5.73 Å². The molecule has 4 nitrogen and oxygen atoms in total. The largest absolute Gasteiger partial charge is 0.369 e. The number of guanidine groups is 1. The molecule has 1 aromatic carbocycles. The van der Waals surface area contributed by atoms with Crippen molar-refractivity contribution >= 4 is 11.6 Å². The quantitative estimate of drug-likeness (QED) is 0.923. The van der Waals surface area contributed by atoms with E-state index in [0.717, 1.165) is 6.20 Å². The van der Waals surface area contributed by atoms with Gasteiger partial charge in [-0.05, 0) is 37.3 Å². The summed E-state index contributed by atoms with van der Waals surface area (Å²) in [7, 11) is 0. The van der Waals surface area contributed by atoms with Crippen LogP contribution in [0.4, 0.5) is 14.5 Å². The fourth-order valence-corrected chi connectivity index (χ4v) is 2.56. The molecule has 108 valence electrons. The average molecular weight is 288 g/mol. The number of benzene rings is 1. The van der Waals surface area contributed by atoms with Crippen LogP contribution >= 0.6 is 0 Å². The Hall–Kier alpha value is -2.50. The Bertz CT molecular complexity index is 699. The van der Waals surface area contributed by atoms with E-state index in [2.05, 4.69) is 9.98 Å². The van der Waals surface area contributed by atoms with E-state index in [1.54, 1.807) is 23.2 Å². The van der Waals surface area contributed by atoms with Crippen molar-refractivity contribution in [1.82, 2.24) is 4.98 Å². The maximum absolute atomic E-state index is 13.5. The van der Waals surface area contributed by atoms with Crippen LogP contribution in [0.1, 0.15) is 12.5 Å². The van der Waals surface area contributed by atoms with Crippen LogP contribution in [0.3, 0.4) is 0 Å². The number of hydrogen-bond acceptors (Lipinski definition) is 4. The number of nitrogens with two attached hydrogens (primary N) is 1. The van der Waals surface area contributed by atoms with Gasteiger partial charge in [0.05, 0.1) is 18.3 Å². The molecule has 3 rings (SSSR count). The van der Waals surface area contributed by atoms with E-state index in [9.17, 15) is 8.78 Å². The van der Waals surface area contributed by atoms with Gasteiger partial charge in [-0.1, -0.05) is 0 Å². The van der Waals surface area contributed by atoms with Crippen LogP contribution < -0.4 is 10.6 Å². The molecule has 2 heterocycles. The van der Waals surface area contributed by atoms with Crippen molar-refractivity contribution in [3.8, 4) is 0 Å². The molecule has 0 saturated heterocycles. The Kier molecular flexibility index (Phi) is 3.08. The molecule has 0 spiro atoms. The van der Waals surface area contributed by atoms with Gasteiger partial charge in [0.25, 0.3) is 0 Å². The van der Waals surface area contributed by atoms with Crippen molar-refractivity contribution in [2.24, 2.45) is 10.7 Å². The fraction of sp³-hybridized carbons (Fsp3) is 0.200. The number of pyridine rings is 1. The molecule has 1 aliphatic rings. The molecular formula is C15H14F2N4. The predicted octanol–water partition coefficient (Wildman–Crippen LogP) is 2.41. The van der Waals surface area contributed by atoms with Crippen molar-refractivity contribution in [2.45, 2.75) is 12.5 Å². The van der Waals surface area contributed by atoms with Gasteiger partial charge in [0, 0.05) is 17.4 Å². The summed E-state index contributed by atoms with van der Waals surface area (Å²) in [6.07, 6.45) is 2.74. The summed E-state index contributed by atoms with van der Waals surface area (Å²) in [5, 5.41) is 0. The summed E-state index contributed by atoms with van der Waals surface area (Å²) in [6, 6.07) is 7.36. The van der Waals surface area contributed by atoms with Gasteiger partial charge in [-0.15, -0.1) is 0 Å². The zero-order valence-electron chi connectivity index (χ0n) is 11.4. The molecule has 0 fully saturated rings. The summed E-state index contributed by atoms with van der Waals surface area (Å²) >= 11 is 0. The van der Waals surface area contributed by atoms with Crippen molar-refractivity contribution < 1.29 is 8.78 Å². The molecule has 0 aliphatic carbocycles. The maximum Gasteiger partial charge on any atom is 0.196 e. The van der Waals surface area contributed by atoms with Gasteiger partial charge < -0.3 is 10.6 Å². The third kappa shape index (κ3) is 2.22. The highest BCUT2D eigenvalue weighted by molar-refractivity contribution is 5.98. The topological polar surface area (TPSA) is 54.5 Å². The third-order valence-electron chi connectivity index (χ3n) is 3.68. The van der Waals surface area contributed by atoms with Crippen molar-refractivity contribution in [3.63, 3.8) is 0 Å². The zero-order chi connectivity index (χ0) is 15.0. The molecular weight excluding hydrogens is 274 g/mol. The Morgan fingerprint density at radius 2 is 1.86 bits per heavy atom. The van der Waals surface area contributed by atoms with E-state index < -0.39 is 11.4 Å². The number of hydrogen-bond donors (Lipinski definition) is 1. The minimum Gasteiger partial charge on any atom is -0.369 e. The highest BCUT2D eigenvalue weighted by Crippen LogP contribution is 2.36. The highest BCUT2D eigenvalue weighted by Gasteiger charge is 2.41. The van der Waals surface area contributed by atoms with Crippen LogP contribution in [0.15, 0.2) is 47.7 Å². The second-order valence-electron chi connectivity index (χ2n) is 5.15. The lowest BCUT2D eigenvalue weighted by Crippen LogP contribution is -2.47. The number of halogens is 2. The Morgan fingerprint density at radius 1 is 1.14 bits per heavy atom. The van der Waals surface area contributed by atoms with Gasteiger partial charge in [0.2, 0.25) is 0 Å². The first kappa shape index (κ1) is 13.5. The normalized spacial score (nSPS) is 21.5. The second kappa shape index (κ2) is 4.80. The molecule has 6 heteroatoms. The van der Waals surface area contributed by atoms with Gasteiger partial charge in [0.15, 0.2) is 5.96 Å². The second-order valence-corrected chi connectivity index (χ2v) is 5.15. The standard InChI is InChI=1S/C15H14F2N4/c1-15(10-6-12(17)8-19-7-10)9-20-14(18)21(15)13-4-2-11(16)3-5-13/h2-8H,9H2,1H3,(H2,18,20). The van der Waals surface area contributed by atoms with E-state index >= 15 is 0 Å². The van der Waals surface area contributed by atoms with Crippen molar-refractivity contribution in [1.29, 1.82) is 0 Å². The lowest BCUT2D eigenvalue weighted by Gasteiger charge is -2.36. The number of anilines is 1. The lowest BCUT2D eigenvalue weighted by atomic mass is 9.92. The van der Waals surface area contributed by atoms with Crippen LogP contribution in [0, 0.1) is 11.6 Å². The van der Waals surface area contributed by atoms with Gasteiger partial charge in [-0.25, -0.2) is 8.78 Å². The first-order valence-electron chi connectivity index (χ1n) is 6.47. The monoisotopic (exact) mass is 288 g/mol. The molecule has 1 atom stereocenters. The zero-order valence-corrected chi connectivity index (χ0v) is 11.4. The van der Waals surface area contributed by atoms with E-state index in [1.165, 1.54) is 18.2 Å². The number of rotatable bonds is 2. The predicted molar refractivity (Wildman–Crippen MR) is 76.9 cm³/mol. The molecule has 2 N–H and O–H groups in total. The summed E-state index contributed by atoms with van der Waals surface area (Å²) in [5.74, 6) is -0.436. The Labute approximate surface area is 120 Å². The van der Waals surface area contributed by atoms with Crippen LogP contribution in [-0.4, -0.2) is 17.5 Å². The van der Waals surface area contributed by atoms with E-state index in [-0.39, 0.29) is 5.82 Å². The molecule has 0 saturated carbocycles. The Morgan fingerprint density at radius 3 is 2.52 bits per heavy atom. The average Bonchev–Trinajstić information content (AvgIpc) is 2.77. The molecule has 1 aromatic heterocycles. The minimum absolute atomic E-state index is 0.313. The molecule has 0 bridgehead atoms.